The lowest BCUT2D eigenvalue weighted by Crippen LogP contribution is -2.42. The molecule has 0 heterocycles. The third-order valence-corrected chi connectivity index (χ3v) is 2.01. The molecule has 2 nitrogen and oxygen atoms in total. The van der Waals surface area contributed by atoms with Gasteiger partial charge >= 0.3 is 0 Å². The minimum absolute atomic E-state index is 0.572. The van der Waals surface area contributed by atoms with Crippen molar-refractivity contribution in [3.05, 3.63) is 0 Å². The van der Waals surface area contributed by atoms with Crippen LogP contribution in [0.2, 0.25) is 0 Å². The van der Waals surface area contributed by atoms with Crippen molar-refractivity contribution in [1.82, 2.24) is 10.6 Å². The van der Waals surface area contributed by atoms with Gasteiger partial charge in [-0.1, -0.05) is 20.8 Å². The quantitative estimate of drug-likeness (QED) is 0.638. The first-order valence-corrected chi connectivity index (χ1v) is 5.05. The lowest BCUT2D eigenvalue weighted by molar-refractivity contribution is 0.422. The summed E-state index contributed by atoms with van der Waals surface area (Å²) in [6.45, 7) is 12.1. The van der Waals surface area contributed by atoms with E-state index in [1.807, 2.05) is 0 Å². The molecule has 2 heteroatoms. The minimum atomic E-state index is 0.572. The van der Waals surface area contributed by atoms with Crippen molar-refractivity contribution < 1.29 is 0 Å². The fourth-order valence-corrected chi connectivity index (χ4v) is 1.07. The smallest absolute Gasteiger partial charge is 0.0166 e. The summed E-state index contributed by atoms with van der Waals surface area (Å²) in [6, 6.07) is 1.79. The molecule has 0 aliphatic rings. The highest BCUT2D eigenvalue weighted by atomic mass is 15.0. The fourth-order valence-electron chi connectivity index (χ4n) is 1.07. The molecule has 0 radical (unpaired) electrons. The Morgan fingerprint density at radius 1 is 1.00 bits per heavy atom. The number of rotatable bonds is 6. The van der Waals surface area contributed by atoms with E-state index < -0.39 is 0 Å². The Kier molecular flexibility index (Phi) is 6.39. The van der Waals surface area contributed by atoms with Gasteiger partial charge in [-0.05, 0) is 20.3 Å². The first-order chi connectivity index (χ1) is 5.56. The van der Waals surface area contributed by atoms with Crippen molar-refractivity contribution in [1.29, 1.82) is 0 Å². The zero-order valence-electron chi connectivity index (χ0n) is 9.15. The summed E-state index contributed by atoms with van der Waals surface area (Å²) >= 11 is 0. The molecule has 0 rings (SSSR count). The summed E-state index contributed by atoms with van der Waals surface area (Å²) in [6.07, 6.45) is 1.20. The Morgan fingerprint density at radius 2 is 1.58 bits per heavy atom. The van der Waals surface area contributed by atoms with Crippen LogP contribution in [0.1, 0.15) is 41.0 Å². The maximum atomic E-state index is 3.52. The molecule has 0 saturated heterocycles. The summed E-state index contributed by atoms with van der Waals surface area (Å²) in [5, 5.41) is 6.93. The van der Waals surface area contributed by atoms with Crippen LogP contribution in [0.25, 0.3) is 0 Å². The lowest BCUT2D eigenvalue weighted by atomic mass is 10.2. The predicted octanol–water partition coefficient (Wildman–Crippen LogP) is 1.76. The number of hydrogen-bond donors (Lipinski definition) is 2. The van der Waals surface area contributed by atoms with Gasteiger partial charge < -0.3 is 10.6 Å². The fraction of sp³-hybridized carbons (Fsp3) is 1.00. The van der Waals surface area contributed by atoms with Crippen molar-refractivity contribution in [3.8, 4) is 0 Å². The molecular formula is C10H24N2. The zero-order valence-corrected chi connectivity index (χ0v) is 9.15. The molecular weight excluding hydrogens is 148 g/mol. The monoisotopic (exact) mass is 172 g/mol. The third kappa shape index (κ3) is 6.62. The highest BCUT2D eigenvalue weighted by molar-refractivity contribution is 4.69. The summed E-state index contributed by atoms with van der Waals surface area (Å²) in [5.74, 6) is 0. The van der Waals surface area contributed by atoms with E-state index in [2.05, 4.69) is 45.3 Å². The Hall–Kier alpha value is -0.0800. The molecule has 0 fully saturated rings. The molecule has 12 heavy (non-hydrogen) atoms. The van der Waals surface area contributed by atoms with Crippen LogP contribution < -0.4 is 10.6 Å². The Balaban J connectivity index is 3.39. The summed E-state index contributed by atoms with van der Waals surface area (Å²) in [7, 11) is 0. The molecule has 0 aliphatic carbocycles. The van der Waals surface area contributed by atoms with Gasteiger partial charge in [-0.3, -0.25) is 0 Å². The number of nitrogens with one attached hydrogen (secondary N) is 2. The molecule has 2 N–H and O–H groups in total. The van der Waals surface area contributed by atoms with Crippen molar-refractivity contribution in [2.75, 3.05) is 6.54 Å². The normalized spacial score (nSPS) is 16.5. The maximum Gasteiger partial charge on any atom is 0.0166 e. The van der Waals surface area contributed by atoms with E-state index >= 15 is 0 Å². The molecule has 2 atom stereocenters. The van der Waals surface area contributed by atoms with Crippen LogP contribution in [0, 0.1) is 0 Å². The van der Waals surface area contributed by atoms with Gasteiger partial charge in [0.25, 0.3) is 0 Å². The Morgan fingerprint density at radius 3 is 2.00 bits per heavy atom. The van der Waals surface area contributed by atoms with Gasteiger partial charge in [0.1, 0.15) is 0 Å². The van der Waals surface area contributed by atoms with Crippen LogP contribution in [0.4, 0.5) is 0 Å². The van der Waals surface area contributed by atoms with Gasteiger partial charge in [0.05, 0.1) is 0 Å². The van der Waals surface area contributed by atoms with E-state index in [4.69, 9.17) is 0 Å². The second kappa shape index (κ2) is 6.44. The van der Waals surface area contributed by atoms with E-state index in [1.54, 1.807) is 0 Å². The molecule has 0 bridgehead atoms. The van der Waals surface area contributed by atoms with Crippen molar-refractivity contribution in [3.63, 3.8) is 0 Å². The molecule has 2 unspecified atom stereocenters. The Bertz CT molecular complexity index is 102. The zero-order chi connectivity index (χ0) is 9.56. The van der Waals surface area contributed by atoms with Crippen LogP contribution in [0.3, 0.4) is 0 Å². The molecule has 0 aromatic carbocycles. The molecule has 74 valence electrons. The largest absolute Gasteiger partial charge is 0.313 e. The van der Waals surface area contributed by atoms with Crippen LogP contribution in [0.5, 0.6) is 0 Å². The SMILES string of the molecule is CCC(C)NC(C)CNC(C)C. The van der Waals surface area contributed by atoms with Crippen LogP contribution in [0.15, 0.2) is 0 Å². The molecule has 0 saturated carbocycles. The lowest BCUT2D eigenvalue weighted by Gasteiger charge is -2.20. The third-order valence-electron chi connectivity index (χ3n) is 2.01. The van der Waals surface area contributed by atoms with Gasteiger partial charge in [-0.2, -0.15) is 0 Å². The number of hydrogen-bond acceptors (Lipinski definition) is 2. The molecule has 0 aliphatic heterocycles. The second-order valence-electron chi connectivity index (χ2n) is 3.94. The summed E-state index contributed by atoms with van der Waals surface area (Å²) < 4.78 is 0. The second-order valence-corrected chi connectivity index (χ2v) is 3.94. The maximum absolute atomic E-state index is 3.52. The van der Waals surface area contributed by atoms with E-state index in [0.29, 0.717) is 18.1 Å². The van der Waals surface area contributed by atoms with Crippen molar-refractivity contribution >= 4 is 0 Å². The van der Waals surface area contributed by atoms with Crippen molar-refractivity contribution in [2.45, 2.75) is 59.2 Å². The average Bonchev–Trinajstić information content (AvgIpc) is 2.00. The highest BCUT2D eigenvalue weighted by Gasteiger charge is 2.04. The molecule has 0 aromatic heterocycles. The van der Waals surface area contributed by atoms with Gasteiger partial charge in [0.15, 0.2) is 0 Å². The van der Waals surface area contributed by atoms with Crippen LogP contribution in [-0.2, 0) is 0 Å². The van der Waals surface area contributed by atoms with E-state index in [1.165, 1.54) is 6.42 Å². The Labute approximate surface area is 77.1 Å². The van der Waals surface area contributed by atoms with E-state index in [0.717, 1.165) is 6.54 Å². The highest BCUT2D eigenvalue weighted by Crippen LogP contribution is 1.91. The van der Waals surface area contributed by atoms with Crippen molar-refractivity contribution in [2.24, 2.45) is 0 Å². The van der Waals surface area contributed by atoms with E-state index in [9.17, 15) is 0 Å². The average molecular weight is 172 g/mol. The summed E-state index contributed by atoms with van der Waals surface area (Å²) in [4.78, 5) is 0. The first kappa shape index (κ1) is 11.9. The molecule has 0 spiro atoms. The standard InChI is InChI=1S/C10H24N2/c1-6-9(4)12-10(5)7-11-8(2)3/h8-12H,6-7H2,1-5H3. The first-order valence-electron chi connectivity index (χ1n) is 5.05. The van der Waals surface area contributed by atoms with E-state index in [-0.39, 0.29) is 0 Å². The predicted molar refractivity (Wildman–Crippen MR) is 55.5 cm³/mol. The van der Waals surface area contributed by atoms with Gasteiger partial charge in [-0.15, -0.1) is 0 Å². The van der Waals surface area contributed by atoms with Crippen LogP contribution in [-0.4, -0.2) is 24.7 Å². The van der Waals surface area contributed by atoms with Crippen LogP contribution >= 0.6 is 0 Å². The molecule has 0 aromatic rings. The van der Waals surface area contributed by atoms with Gasteiger partial charge in [0, 0.05) is 24.7 Å². The summed E-state index contributed by atoms with van der Waals surface area (Å²) in [5.41, 5.74) is 0. The van der Waals surface area contributed by atoms with Gasteiger partial charge in [0.2, 0.25) is 0 Å². The molecule has 0 amide bonds. The minimum Gasteiger partial charge on any atom is -0.313 e. The van der Waals surface area contributed by atoms with Gasteiger partial charge in [-0.25, -0.2) is 0 Å². The topological polar surface area (TPSA) is 24.1 Å².